The number of aryl methyl sites for hydroxylation is 1. The minimum absolute atomic E-state index is 0.0924. The number of pyridine rings is 1. The summed E-state index contributed by atoms with van der Waals surface area (Å²) in [5, 5.41) is 6.13. The molecule has 0 bridgehead atoms. The molecule has 0 saturated carbocycles. The Morgan fingerprint density at radius 3 is 2.71 bits per heavy atom. The monoisotopic (exact) mass is 436 g/mol. The molecule has 1 saturated heterocycles. The summed E-state index contributed by atoms with van der Waals surface area (Å²) >= 11 is 1.60. The van der Waals surface area contributed by atoms with Gasteiger partial charge in [0.05, 0.1) is 13.2 Å². The number of benzene rings is 1. The SMILES string of the molecule is COc1c(C)cccc1CN1CCC(C(NC(=O)c2ccccn2)c2nccs2)CC1. The van der Waals surface area contributed by atoms with Gasteiger partial charge < -0.3 is 10.1 Å². The number of hydrogen-bond donors (Lipinski definition) is 1. The molecule has 0 radical (unpaired) electrons. The second-order valence-electron chi connectivity index (χ2n) is 7.92. The van der Waals surface area contributed by atoms with Crippen molar-refractivity contribution in [2.75, 3.05) is 20.2 Å². The molecule has 0 spiro atoms. The summed E-state index contributed by atoms with van der Waals surface area (Å²) in [7, 11) is 1.74. The van der Waals surface area contributed by atoms with Crippen LogP contribution in [0.15, 0.2) is 54.2 Å². The number of carbonyl (C=O) groups excluding carboxylic acids is 1. The largest absolute Gasteiger partial charge is 0.496 e. The highest BCUT2D eigenvalue weighted by molar-refractivity contribution is 7.09. The Balaban J connectivity index is 1.42. The molecule has 1 aromatic carbocycles. The van der Waals surface area contributed by atoms with Gasteiger partial charge in [0.2, 0.25) is 0 Å². The number of aromatic nitrogens is 2. The van der Waals surface area contributed by atoms with Crippen molar-refractivity contribution in [2.24, 2.45) is 5.92 Å². The molecule has 1 aliphatic rings. The lowest BCUT2D eigenvalue weighted by atomic mass is 9.89. The van der Waals surface area contributed by atoms with Crippen LogP contribution in [0.4, 0.5) is 0 Å². The minimum Gasteiger partial charge on any atom is -0.496 e. The molecule has 7 heteroatoms. The molecule has 3 aromatic rings. The predicted octanol–water partition coefficient (Wildman–Crippen LogP) is 4.24. The molecule has 1 fully saturated rings. The van der Waals surface area contributed by atoms with Crippen LogP contribution in [0.2, 0.25) is 0 Å². The van der Waals surface area contributed by atoms with E-state index in [1.54, 1.807) is 36.9 Å². The fraction of sp³-hybridized carbons (Fsp3) is 0.375. The number of likely N-dealkylation sites (tertiary alicyclic amines) is 1. The number of piperidine rings is 1. The fourth-order valence-electron chi connectivity index (χ4n) is 4.30. The van der Waals surface area contributed by atoms with Gasteiger partial charge in [-0.05, 0) is 56.5 Å². The smallest absolute Gasteiger partial charge is 0.270 e. The number of nitrogens with one attached hydrogen (secondary N) is 1. The van der Waals surface area contributed by atoms with Crippen LogP contribution in [-0.2, 0) is 6.54 Å². The van der Waals surface area contributed by atoms with Crippen LogP contribution in [0, 0.1) is 12.8 Å². The molecular formula is C24H28N4O2S. The summed E-state index contributed by atoms with van der Waals surface area (Å²) in [6, 6.07) is 11.6. The zero-order chi connectivity index (χ0) is 21.6. The number of nitrogens with zero attached hydrogens (tertiary/aromatic N) is 3. The van der Waals surface area contributed by atoms with Crippen LogP contribution in [-0.4, -0.2) is 41.0 Å². The number of hydrogen-bond acceptors (Lipinski definition) is 6. The van der Waals surface area contributed by atoms with Gasteiger partial charge in [0.1, 0.15) is 16.5 Å². The highest BCUT2D eigenvalue weighted by atomic mass is 32.1. The number of ether oxygens (including phenoxy) is 1. The molecule has 1 unspecified atom stereocenters. The predicted molar refractivity (Wildman–Crippen MR) is 122 cm³/mol. The van der Waals surface area contributed by atoms with E-state index < -0.39 is 0 Å². The van der Waals surface area contributed by atoms with Gasteiger partial charge in [0.25, 0.3) is 5.91 Å². The summed E-state index contributed by atoms with van der Waals surface area (Å²) < 4.78 is 5.62. The van der Waals surface area contributed by atoms with Crippen LogP contribution in [0.3, 0.4) is 0 Å². The summed E-state index contributed by atoms with van der Waals surface area (Å²) in [4.78, 5) is 23.9. The maximum absolute atomic E-state index is 12.8. The summed E-state index contributed by atoms with van der Waals surface area (Å²) in [6.45, 7) is 4.91. The summed E-state index contributed by atoms with van der Waals surface area (Å²) in [5.41, 5.74) is 2.82. The molecule has 3 heterocycles. The Kier molecular flexibility index (Phi) is 6.94. The van der Waals surface area contributed by atoms with Crippen molar-refractivity contribution in [3.05, 3.63) is 76.0 Å². The lowest BCUT2D eigenvalue weighted by Crippen LogP contribution is -2.40. The van der Waals surface area contributed by atoms with Crippen molar-refractivity contribution >= 4 is 17.2 Å². The van der Waals surface area contributed by atoms with E-state index in [0.717, 1.165) is 48.8 Å². The molecule has 1 N–H and O–H groups in total. The zero-order valence-electron chi connectivity index (χ0n) is 18.0. The van der Waals surface area contributed by atoms with Gasteiger partial charge in [-0.15, -0.1) is 11.3 Å². The normalized spacial score (nSPS) is 16.1. The van der Waals surface area contributed by atoms with Crippen molar-refractivity contribution < 1.29 is 9.53 Å². The zero-order valence-corrected chi connectivity index (χ0v) is 18.8. The Hall–Kier alpha value is -2.77. The van der Waals surface area contributed by atoms with E-state index >= 15 is 0 Å². The molecule has 0 aliphatic carbocycles. The Morgan fingerprint density at radius 1 is 1.19 bits per heavy atom. The molecular weight excluding hydrogens is 408 g/mol. The van der Waals surface area contributed by atoms with Crippen molar-refractivity contribution in [1.29, 1.82) is 0 Å². The second kappa shape index (κ2) is 10.0. The van der Waals surface area contributed by atoms with Crippen molar-refractivity contribution in [3.8, 4) is 5.75 Å². The lowest BCUT2D eigenvalue weighted by molar-refractivity contribution is 0.0885. The lowest BCUT2D eigenvalue weighted by Gasteiger charge is -2.36. The molecule has 4 rings (SSSR count). The minimum atomic E-state index is -0.146. The summed E-state index contributed by atoms with van der Waals surface area (Å²) in [5.74, 6) is 1.18. The Morgan fingerprint density at radius 2 is 2.03 bits per heavy atom. The topological polar surface area (TPSA) is 67.3 Å². The molecule has 2 aromatic heterocycles. The highest BCUT2D eigenvalue weighted by Crippen LogP contribution is 2.33. The first-order valence-corrected chi connectivity index (χ1v) is 11.5. The molecule has 31 heavy (non-hydrogen) atoms. The van der Waals surface area contributed by atoms with E-state index in [-0.39, 0.29) is 11.9 Å². The van der Waals surface area contributed by atoms with Gasteiger partial charge in [0.15, 0.2) is 0 Å². The van der Waals surface area contributed by atoms with Gasteiger partial charge >= 0.3 is 0 Å². The van der Waals surface area contributed by atoms with Crippen LogP contribution in [0.25, 0.3) is 0 Å². The number of para-hydroxylation sites is 1. The van der Waals surface area contributed by atoms with E-state index in [1.165, 1.54) is 5.56 Å². The quantitative estimate of drug-likeness (QED) is 0.600. The molecule has 1 amide bonds. The molecule has 6 nitrogen and oxygen atoms in total. The van der Waals surface area contributed by atoms with Crippen molar-refractivity contribution in [3.63, 3.8) is 0 Å². The third kappa shape index (κ3) is 5.11. The van der Waals surface area contributed by atoms with E-state index in [9.17, 15) is 4.79 Å². The highest BCUT2D eigenvalue weighted by Gasteiger charge is 2.31. The van der Waals surface area contributed by atoms with Crippen LogP contribution in [0.5, 0.6) is 5.75 Å². The van der Waals surface area contributed by atoms with E-state index in [2.05, 4.69) is 45.3 Å². The average Bonchev–Trinajstić information content (AvgIpc) is 3.33. The number of thiazole rings is 1. The van der Waals surface area contributed by atoms with Crippen LogP contribution < -0.4 is 10.1 Å². The average molecular weight is 437 g/mol. The summed E-state index contributed by atoms with van der Waals surface area (Å²) in [6.07, 6.45) is 5.45. The van der Waals surface area contributed by atoms with Crippen molar-refractivity contribution in [1.82, 2.24) is 20.2 Å². The van der Waals surface area contributed by atoms with Gasteiger partial charge in [-0.1, -0.05) is 24.3 Å². The van der Waals surface area contributed by atoms with Gasteiger partial charge in [-0.25, -0.2) is 4.98 Å². The standard InChI is InChI=1S/C24H28N4O2S/c1-17-6-5-7-19(22(17)30-2)16-28-13-9-18(10-14-28)21(24-26-12-15-31-24)27-23(29)20-8-3-4-11-25-20/h3-8,11-12,15,18,21H,9-10,13-14,16H2,1-2H3,(H,27,29). The molecule has 1 aliphatic heterocycles. The third-order valence-corrected chi connectivity index (χ3v) is 6.76. The number of carbonyl (C=O) groups is 1. The maximum atomic E-state index is 12.8. The number of amides is 1. The second-order valence-corrected chi connectivity index (χ2v) is 8.84. The Labute approximate surface area is 187 Å². The number of methoxy groups -OCH3 is 1. The molecule has 162 valence electrons. The number of rotatable bonds is 7. The van der Waals surface area contributed by atoms with Gasteiger partial charge in [0, 0.05) is 29.9 Å². The van der Waals surface area contributed by atoms with Crippen LogP contribution >= 0.6 is 11.3 Å². The first-order chi connectivity index (χ1) is 15.2. The fourth-order valence-corrected chi connectivity index (χ4v) is 5.08. The van der Waals surface area contributed by atoms with Crippen molar-refractivity contribution in [2.45, 2.75) is 32.4 Å². The third-order valence-electron chi connectivity index (χ3n) is 5.90. The molecule has 1 atom stereocenters. The van der Waals surface area contributed by atoms with E-state index in [0.29, 0.717) is 11.6 Å². The first-order valence-electron chi connectivity index (χ1n) is 10.6. The van der Waals surface area contributed by atoms with Crippen LogP contribution in [0.1, 0.15) is 45.5 Å². The first kappa shape index (κ1) is 21.5. The maximum Gasteiger partial charge on any atom is 0.270 e. The van der Waals surface area contributed by atoms with Gasteiger partial charge in [-0.2, -0.15) is 0 Å². The Bertz CT molecular complexity index is 986. The van der Waals surface area contributed by atoms with E-state index in [1.807, 2.05) is 17.5 Å². The van der Waals surface area contributed by atoms with E-state index in [4.69, 9.17) is 4.74 Å². The van der Waals surface area contributed by atoms with Gasteiger partial charge in [-0.3, -0.25) is 14.7 Å².